The van der Waals surface area contributed by atoms with Gasteiger partial charge in [-0.25, -0.2) is 0 Å². The van der Waals surface area contributed by atoms with Gasteiger partial charge in [-0.05, 0) is 32.0 Å². The first-order chi connectivity index (χ1) is 10.9. The summed E-state index contributed by atoms with van der Waals surface area (Å²) in [7, 11) is 3.84. The lowest BCUT2D eigenvalue weighted by atomic mass is 10.2. The van der Waals surface area contributed by atoms with Gasteiger partial charge in [0, 0.05) is 30.4 Å². The zero-order chi connectivity index (χ0) is 17.0. The fraction of sp³-hybridized carbons (Fsp3) is 0.375. The van der Waals surface area contributed by atoms with Crippen LogP contribution < -0.4 is 10.2 Å². The Hall–Kier alpha value is -1.66. The van der Waals surface area contributed by atoms with Gasteiger partial charge in [0.1, 0.15) is 5.76 Å². The molecule has 1 amide bonds. The molecular weight excluding hydrogens is 334 g/mol. The van der Waals surface area contributed by atoms with E-state index in [0.29, 0.717) is 22.2 Å². The van der Waals surface area contributed by atoms with Gasteiger partial charge in [-0.2, -0.15) is 0 Å². The molecule has 1 aromatic carbocycles. The van der Waals surface area contributed by atoms with Gasteiger partial charge in [-0.15, -0.1) is 11.8 Å². The molecule has 23 heavy (non-hydrogen) atoms. The molecule has 0 saturated heterocycles. The summed E-state index contributed by atoms with van der Waals surface area (Å²) in [5.41, 5.74) is 3.56. The quantitative estimate of drug-likeness (QED) is 0.853. The Morgan fingerprint density at radius 2 is 2.13 bits per heavy atom. The summed E-state index contributed by atoms with van der Waals surface area (Å²) < 4.78 is 5.12. The number of rotatable bonds is 6. The molecule has 0 spiro atoms. The fourth-order valence-electron chi connectivity index (χ4n) is 2.14. The monoisotopic (exact) mass is 353 g/mol. The molecule has 0 radical (unpaired) electrons. The summed E-state index contributed by atoms with van der Waals surface area (Å²) in [5.74, 6) is 1.79. The first kappa shape index (κ1) is 17.7. The Bertz CT molecular complexity index is 681. The topological polar surface area (TPSA) is 58.4 Å². The second-order valence-electron chi connectivity index (χ2n) is 5.40. The number of thioether (sulfide) groups is 1. The minimum absolute atomic E-state index is 0.0628. The molecule has 0 unspecified atom stereocenters. The van der Waals surface area contributed by atoms with E-state index in [1.54, 1.807) is 12.1 Å². The molecule has 2 rings (SSSR count). The third-order valence-corrected chi connectivity index (χ3v) is 4.57. The zero-order valence-corrected chi connectivity index (χ0v) is 15.2. The predicted octanol–water partition coefficient (Wildman–Crippen LogP) is 3.88. The average Bonchev–Trinajstić information content (AvgIpc) is 2.78. The smallest absolute Gasteiger partial charge is 0.234 e. The molecule has 1 aromatic heterocycles. The van der Waals surface area contributed by atoms with E-state index in [0.717, 1.165) is 22.7 Å². The zero-order valence-electron chi connectivity index (χ0n) is 13.6. The van der Waals surface area contributed by atoms with Crippen LogP contribution >= 0.6 is 23.4 Å². The number of aryl methyl sites for hydroxylation is 2. The molecule has 0 atom stereocenters. The van der Waals surface area contributed by atoms with Crippen molar-refractivity contribution >= 4 is 40.6 Å². The number of hydrogen-bond donors (Lipinski definition) is 1. The van der Waals surface area contributed by atoms with Crippen molar-refractivity contribution in [2.75, 3.05) is 30.1 Å². The molecule has 0 aliphatic carbocycles. The Morgan fingerprint density at radius 3 is 2.74 bits per heavy atom. The first-order valence-electron chi connectivity index (χ1n) is 7.14. The molecule has 124 valence electrons. The van der Waals surface area contributed by atoms with E-state index in [4.69, 9.17) is 16.1 Å². The average molecular weight is 354 g/mol. The maximum absolute atomic E-state index is 12.2. The summed E-state index contributed by atoms with van der Waals surface area (Å²) in [6.45, 7) is 3.78. The molecule has 0 fully saturated rings. The lowest BCUT2D eigenvalue weighted by Gasteiger charge is -2.18. The molecule has 2 aromatic rings. The van der Waals surface area contributed by atoms with Crippen LogP contribution in [-0.4, -0.2) is 30.9 Å². The number of nitrogens with one attached hydrogen (secondary N) is 1. The highest BCUT2D eigenvalue weighted by molar-refractivity contribution is 7.99. The standard InChI is InChI=1S/C16H20ClN3O2S/c1-10-13(11(2)22-19-10)8-23-9-16(21)18-14-7-12(17)5-6-15(14)20(3)4/h5-7H,8-9H2,1-4H3,(H,18,21). The van der Waals surface area contributed by atoms with Gasteiger partial charge in [0.15, 0.2) is 0 Å². The number of amides is 1. The molecule has 0 saturated carbocycles. The van der Waals surface area contributed by atoms with E-state index in [-0.39, 0.29) is 5.91 Å². The van der Waals surface area contributed by atoms with Gasteiger partial charge in [-0.1, -0.05) is 16.8 Å². The van der Waals surface area contributed by atoms with Crippen molar-refractivity contribution in [3.63, 3.8) is 0 Å². The van der Waals surface area contributed by atoms with E-state index in [1.165, 1.54) is 11.8 Å². The lowest BCUT2D eigenvalue weighted by Crippen LogP contribution is -2.18. The molecule has 0 aliphatic rings. The first-order valence-corrected chi connectivity index (χ1v) is 8.68. The van der Waals surface area contributed by atoms with E-state index >= 15 is 0 Å². The van der Waals surface area contributed by atoms with Gasteiger partial charge in [0.05, 0.1) is 22.8 Å². The normalized spacial score (nSPS) is 10.7. The van der Waals surface area contributed by atoms with Crippen molar-refractivity contribution in [2.24, 2.45) is 0 Å². The Labute approximate surface area is 145 Å². The van der Waals surface area contributed by atoms with Gasteiger partial charge in [0.2, 0.25) is 5.91 Å². The van der Waals surface area contributed by atoms with Crippen LogP contribution in [0, 0.1) is 13.8 Å². The van der Waals surface area contributed by atoms with Crippen LogP contribution in [0.2, 0.25) is 5.02 Å². The highest BCUT2D eigenvalue weighted by atomic mass is 35.5. The van der Waals surface area contributed by atoms with Crippen LogP contribution in [0.4, 0.5) is 11.4 Å². The molecular formula is C16H20ClN3O2S. The number of nitrogens with zero attached hydrogens (tertiary/aromatic N) is 2. The van der Waals surface area contributed by atoms with Crippen molar-refractivity contribution in [1.82, 2.24) is 5.16 Å². The minimum atomic E-state index is -0.0628. The van der Waals surface area contributed by atoms with Crippen LogP contribution in [0.3, 0.4) is 0 Å². The van der Waals surface area contributed by atoms with Gasteiger partial charge in [0.25, 0.3) is 0 Å². The van der Waals surface area contributed by atoms with Crippen LogP contribution in [0.1, 0.15) is 17.0 Å². The van der Waals surface area contributed by atoms with E-state index in [2.05, 4.69) is 10.5 Å². The number of hydrogen-bond acceptors (Lipinski definition) is 5. The maximum atomic E-state index is 12.2. The number of carbonyl (C=O) groups is 1. The van der Waals surface area contributed by atoms with Crippen LogP contribution in [0.5, 0.6) is 0 Å². The van der Waals surface area contributed by atoms with Crippen molar-refractivity contribution in [3.8, 4) is 0 Å². The van der Waals surface area contributed by atoms with Crippen LogP contribution in [-0.2, 0) is 10.5 Å². The van der Waals surface area contributed by atoms with Gasteiger partial charge >= 0.3 is 0 Å². The van der Waals surface area contributed by atoms with Crippen molar-refractivity contribution in [3.05, 3.63) is 40.2 Å². The Kier molecular flexibility index (Phi) is 5.96. The minimum Gasteiger partial charge on any atom is -0.376 e. The highest BCUT2D eigenvalue weighted by Gasteiger charge is 2.12. The van der Waals surface area contributed by atoms with Crippen LogP contribution in [0.25, 0.3) is 0 Å². The maximum Gasteiger partial charge on any atom is 0.234 e. The van der Waals surface area contributed by atoms with Crippen molar-refractivity contribution in [2.45, 2.75) is 19.6 Å². The second-order valence-corrected chi connectivity index (χ2v) is 6.82. The number of carbonyl (C=O) groups excluding carboxylic acids is 1. The lowest BCUT2D eigenvalue weighted by molar-refractivity contribution is -0.113. The molecule has 0 aliphatic heterocycles. The van der Waals surface area contributed by atoms with Crippen molar-refractivity contribution < 1.29 is 9.32 Å². The highest BCUT2D eigenvalue weighted by Crippen LogP contribution is 2.28. The molecule has 5 nitrogen and oxygen atoms in total. The van der Waals surface area contributed by atoms with E-state index in [9.17, 15) is 4.79 Å². The summed E-state index contributed by atoms with van der Waals surface area (Å²) in [6, 6.07) is 5.45. The van der Waals surface area contributed by atoms with Crippen LogP contribution in [0.15, 0.2) is 22.7 Å². The summed E-state index contributed by atoms with van der Waals surface area (Å²) >= 11 is 7.55. The van der Waals surface area contributed by atoms with Gasteiger partial charge < -0.3 is 14.7 Å². The van der Waals surface area contributed by atoms with Gasteiger partial charge in [-0.3, -0.25) is 4.79 Å². The Balaban J connectivity index is 1.94. The molecule has 1 N–H and O–H groups in total. The van der Waals surface area contributed by atoms with Crippen molar-refractivity contribution in [1.29, 1.82) is 0 Å². The number of aromatic nitrogens is 1. The van der Waals surface area contributed by atoms with E-state index < -0.39 is 0 Å². The predicted molar refractivity (Wildman–Crippen MR) is 96.5 cm³/mol. The fourth-order valence-corrected chi connectivity index (χ4v) is 3.29. The largest absolute Gasteiger partial charge is 0.376 e. The Morgan fingerprint density at radius 1 is 1.39 bits per heavy atom. The summed E-state index contributed by atoms with van der Waals surface area (Å²) in [6.07, 6.45) is 0. The summed E-state index contributed by atoms with van der Waals surface area (Å²) in [4.78, 5) is 14.1. The third-order valence-electron chi connectivity index (χ3n) is 3.38. The molecule has 0 bridgehead atoms. The molecule has 1 heterocycles. The third kappa shape index (κ3) is 4.65. The number of benzene rings is 1. The number of halogens is 1. The number of anilines is 2. The summed E-state index contributed by atoms with van der Waals surface area (Å²) in [5, 5.41) is 7.42. The molecule has 7 heteroatoms. The second kappa shape index (κ2) is 7.75. The SMILES string of the molecule is Cc1noc(C)c1CSCC(=O)Nc1cc(Cl)ccc1N(C)C. The van der Waals surface area contributed by atoms with E-state index in [1.807, 2.05) is 38.9 Å².